The summed E-state index contributed by atoms with van der Waals surface area (Å²) in [7, 11) is 0. The van der Waals surface area contributed by atoms with Gasteiger partial charge in [0.2, 0.25) is 0 Å². The number of aryl methyl sites for hydroxylation is 1. The highest BCUT2D eigenvalue weighted by atomic mass is 79.9. The van der Waals surface area contributed by atoms with Gasteiger partial charge in [0.05, 0.1) is 11.4 Å². The lowest BCUT2D eigenvalue weighted by molar-refractivity contribution is 0.102. The molecule has 2 rings (SSSR count). The van der Waals surface area contributed by atoms with E-state index in [1.807, 2.05) is 13.0 Å². The van der Waals surface area contributed by atoms with Crippen LogP contribution in [0.3, 0.4) is 0 Å². The van der Waals surface area contributed by atoms with Gasteiger partial charge < -0.3 is 11.1 Å². The number of halogens is 1. The molecule has 18 heavy (non-hydrogen) atoms. The minimum absolute atomic E-state index is 0.194. The summed E-state index contributed by atoms with van der Waals surface area (Å²) in [6.45, 7) is 1.84. The van der Waals surface area contributed by atoms with Crippen LogP contribution in [-0.4, -0.2) is 15.9 Å². The molecule has 0 saturated heterocycles. The monoisotopic (exact) mass is 306 g/mol. The van der Waals surface area contributed by atoms with Gasteiger partial charge in [-0.25, -0.2) is 9.97 Å². The third kappa shape index (κ3) is 2.65. The molecule has 92 valence electrons. The lowest BCUT2D eigenvalue weighted by atomic mass is 10.3. The number of hydrogen-bond donors (Lipinski definition) is 2. The Kier molecular flexibility index (Phi) is 3.57. The number of amides is 1. The van der Waals surface area contributed by atoms with Crippen LogP contribution in [0, 0.1) is 6.92 Å². The van der Waals surface area contributed by atoms with E-state index in [1.165, 1.54) is 6.20 Å². The molecule has 2 aromatic heterocycles. The van der Waals surface area contributed by atoms with E-state index in [1.54, 1.807) is 18.2 Å². The minimum atomic E-state index is -0.373. The molecule has 0 aliphatic heterocycles. The molecule has 2 heterocycles. The van der Waals surface area contributed by atoms with Gasteiger partial charge in [0.1, 0.15) is 5.82 Å². The molecular weight excluding hydrogens is 296 g/mol. The number of anilines is 2. The van der Waals surface area contributed by atoms with E-state index >= 15 is 0 Å². The molecular formula is C12H11BrN4O. The molecule has 0 aromatic carbocycles. The Balaban J connectivity index is 2.22. The van der Waals surface area contributed by atoms with Gasteiger partial charge in [0.15, 0.2) is 5.69 Å². The molecule has 0 aliphatic rings. The fourth-order valence-corrected chi connectivity index (χ4v) is 1.62. The molecule has 6 heteroatoms. The van der Waals surface area contributed by atoms with Crippen molar-refractivity contribution in [3.8, 4) is 0 Å². The van der Waals surface area contributed by atoms with Crippen LogP contribution < -0.4 is 11.1 Å². The number of nitrogen functional groups attached to an aromatic ring is 1. The number of carbonyl (C=O) groups excluding carboxylic acids is 1. The Morgan fingerprint density at radius 2 is 2.17 bits per heavy atom. The molecule has 0 bridgehead atoms. The van der Waals surface area contributed by atoms with Gasteiger partial charge in [0, 0.05) is 10.7 Å². The average molecular weight is 307 g/mol. The maximum Gasteiger partial charge on any atom is 0.277 e. The lowest BCUT2D eigenvalue weighted by Gasteiger charge is -2.07. The first-order valence-corrected chi connectivity index (χ1v) is 6.02. The van der Waals surface area contributed by atoms with Crippen LogP contribution in [-0.2, 0) is 0 Å². The van der Waals surface area contributed by atoms with Gasteiger partial charge in [0.25, 0.3) is 5.91 Å². The fraction of sp³-hybridized carbons (Fsp3) is 0.0833. The number of pyridine rings is 2. The number of nitrogens with one attached hydrogen (secondary N) is 1. The minimum Gasteiger partial charge on any atom is -0.397 e. The van der Waals surface area contributed by atoms with Gasteiger partial charge >= 0.3 is 0 Å². The van der Waals surface area contributed by atoms with Crippen molar-refractivity contribution in [2.45, 2.75) is 6.92 Å². The number of aromatic nitrogens is 2. The van der Waals surface area contributed by atoms with Crippen LogP contribution in [0.5, 0.6) is 0 Å². The van der Waals surface area contributed by atoms with E-state index in [-0.39, 0.29) is 11.6 Å². The molecule has 0 unspecified atom stereocenters. The Hall–Kier alpha value is -1.95. The molecule has 1 amide bonds. The summed E-state index contributed by atoms with van der Waals surface area (Å²) in [6, 6.07) is 6.82. The zero-order valence-electron chi connectivity index (χ0n) is 9.64. The lowest BCUT2D eigenvalue weighted by Crippen LogP contribution is -2.16. The zero-order chi connectivity index (χ0) is 13.1. The largest absolute Gasteiger partial charge is 0.397 e. The van der Waals surface area contributed by atoms with Crippen LogP contribution in [0.25, 0.3) is 0 Å². The molecule has 0 fully saturated rings. The van der Waals surface area contributed by atoms with E-state index in [0.717, 1.165) is 10.2 Å². The van der Waals surface area contributed by atoms with Crippen LogP contribution >= 0.6 is 15.9 Å². The van der Waals surface area contributed by atoms with Crippen molar-refractivity contribution in [2.75, 3.05) is 11.1 Å². The molecule has 0 atom stereocenters. The topological polar surface area (TPSA) is 80.9 Å². The Bertz CT molecular complexity index is 600. The summed E-state index contributed by atoms with van der Waals surface area (Å²) in [5.74, 6) is 0.0908. The zero-order valence-corrected chi connectivity index (χ0v) is 11.2. The van der Waals surface area contributed by atoms with E-state index in [0.29, 0.717) is 11.5 Å². The number of nitrogens with zero attached hydrogens (tertiary/aromatic N) is 2. The quantitative estimate of drug-likeness (QED) is 0.892. The molecule has 5 nitrogen and oxygen atoms in total. The van der Waals surface area contributed by atoms with Crippen molar-refractivity contribution in [3.05, 3.63) is 46.3 Å². The highest BCUT2D eigenvalue weighted by Gasteiger charge is 2.11. The first-order valence-electron chi connectivity index (χ1n) is 5.23. The predicted octanol–water partition coefficient (Wildman–Crippen LogP) is 2.38. The highest BCUT2D eigenvalue weighted by Crippen LogP contribution is 2.17. The first kappa shape index (κ1) is 12.5. The van der Waals surface area contributed by atoms with Crippen molar-refractivity contribution < 1.29 is 4.79 Å². The smallest absolute Gasteiger partial charge is 0.277 e. The van der Waals surface area contributed by atoms with Gasteiger partial charge in [-0.1, -0.05) is 0 Å². The molecule has 2 aromatic rings. The van der Waals surface area contributed by atoms with E-state index in [2.05, 4.69) is 31.2 Å². The third-order valence-corrected chi connectivity index (χ3v) is 3.16. The molecule has 0 aliphatic carbocycles. The molecule has 0 spiro atoms. The summed E-state index contributed by atoms with van der Waals surface area (Å²) < 4.78 is 0.887. The Labute approximate surface area is 113 Å². The standard InChI is InChI=1S/C12H11BrN4O/c1-7-8(13)4-5-10(16-7)17-12(18)11-9(14)3-2-6-15-11/h2-6H,14H2,1H3,(H,16,17,18). The van der Waals surface area contributed by atoms with E-state index in [4.69, 9.17) is 5.73 Å². The van der Waals surface area contributed by atoms with Crippen molar-refractivity contribution in [3.63, 3.8) is 0 Å². The number of carbonyl (C=O) groups is 1. The molecule has 0 radical (unpaired) electrons. The van der Waals surface area contributed by atoms with Gasteiger partial charge in [-0.2, -0.15) is 0 Å². The van der Waals surface area contributed by atoms with E-state index in [9.17, 15) is 4.79 Å². The summed E-state index contributed by atoms with van der Waals surface area (Å²) in [5.41, 5.74) is 7.00. The summed E-state index contributed by atoms with van der Waals surface area (Å²) in [6.07, 6.45) is 1.52. The maximum atomic E-state index is 11.9. The van der Waals surface area contributed by atoms with Crippen LogP contribution in [0.4, 0.5) is 11.5 Å². The molecule has 0 saturated carbocycles. The summed E-state index contributed by atoms with van der Waals surface area (Å²) >= 11 is 3.34. The maximum absolute atomic E-state index is 11.9. The second-order valence-corrected chi connectivity index (χ2v) is 4.51. The van der Waals surface area contributed by atoms with Gasteiger partial charge in [-0.3, -0.25) is 4.79 Å². The second kappa shape index (κ2) is 5.14. The SMILES string of the molecule is Cc1nc(NC(=O)c2ncccc2N)ccc1Br. The summed E-state index contributed by atoms with van der Waals surface area (Å²) in [5, 5.41) is 2.65. The Morgan fingerprint density at radius 1 is 1.39 bits per heavy atom. The number of hydrogen-bond acceptors (Lipinski definition) is 4. The number of nitrogens with two attached hydrogens (primary N) is 1. The van der Waals surface area contributed by atoms with Crippen molar-refractivity contribution >= 4 is 33.3 Å². The highest BCUT2D eigenvalue weighted by molar-refractivity contribution is 9.10. The second-order valence-electron chi connectivity index (χ2n) is 3.66. The van der Waals surface area contributed by atoms with Crippen LogP contribution in [0.2, 0.25) is 0 Å². The van der Waals surface area contributed by atoms with E-state index < -0.39 is 0 Å². The van der Waals surface area contributed by atoms with Crippen LogP contribution in [0.1, 0.15) is 16.2 Å². The van der Waals surface area contributed by atoms with Crippen molar-refractivity contribution in [2.24, 2.45) is 0 Å². The Morgan fingerprint density at radius 3 is 2.83 bits per heavy atom. The van der Waals surface area contributed by atoms with Crippen molar-refractivity contribution in [1.29, 1.82) is 0 Å². The fourth-order valence-electron chi connectivity index (χ4n) is 1.40. The van der Waals surface area contributed by atoms with Gasteiger partial charge in [-0.05, 0) is 47.1 Å². The summed E-state index contributed by atoms with van der Waals surface area (Å²) in [4.78, 5) is 20.1. The normalized spacial score (nSPS) is 10.1. The molecule has 3 N–H and O–H groups in total. The van der Waals surface area contributed by atoms with Crippen molar-refractivity contribution in [1.82, 2.24) is 9.97 Å². The number of rotatable bonds is 2. The first-order chi connectivity index (χ1) is 8.58. The predicted molar refractivity (Wildman–Crippen MR) is 73.3 cm³/mol. The van der Waals surface area contributed by atoms with Crippen LogP contribution in [0.15, 0.2) is 34.9 Å². The van der Waals surface area contributed by atoms with Gasteiger partial charge in [-0.15, -0.1) is 0 Å². The average Bonchev–Trinajstić information content (AvgIpc) is 2.34. The third-order valence-electron chi connectivity index (χ3n) is 2.32.